The standard InChI is InChI=1S/C20H27ClNO5PS/c1-20(22,14-27-28(24,25)26)12-11-17-9-10-19(29-17)18(23)8-3-2-5-15-6-4-7-16(21)13-15/h4,6-7,9-10,13H,2-3,5,8,11-12,14,22H2,1H3,(H2,24,25,26). The van der Waals surface area contributed by atoms with Crippen molar-refractivity contribution in [3.05, 3.63) is 56.7 Å². The molecule has 1 atom stereocenters. The summed E-state index contributed by atoms with van der Waals surface area (Å²) < 4.78 is 15.3. The van der Waals surface area contributed by atoms with Crippen LogP contribution in [0.4, 0.5) is 0 Å². The van der Waals surface area contributed by atoms with E-state index in [4.69, 9.17) is 27.1 Å². The number of carbonyl (C=O) groups excluding carboxylic acids is 1. The van der Waals surface area contributed by atoms with Gasteiger partial charge in [-0.1, -0.05) is 23.7 Å². The van der Waals surface area contributed by atoms with Crippen LogP contribution in [0.5, 0.6) is 0 Å². The summed E-state index contributed by atoms with van der Waals surface area (Å²) in [5, 5.41) is 0.728. The number of hydrogen-bond donors (Lipinski definition) is 3. The molecule has 1 heterocycles. The van der Waals surface area contributed by atoms with Crippen molar-refractivity contribution in [1.82, 2.24) is 0 Å². The molecule has 2 aromatic rings. The molecule has 6 nitrogen and oxygen atoms in total. The molecule has 0 saturated carbocycles. The molecule has 0 fully saturated rings. The fourth-order valence-electron chi connectivity index (χ4n) is 2.80. The van der Waals surface area contributed by atoms with Gasteiger partial charge in [0.15, 0.2) is 5.78 Å². The lowest BCUT2D eigenvalue weighted by Crippen LogP contribution is -2.41. The van der Waals surface area contributed by atoms with Gasteiger partial charge in [0.2, 0.25) is 0 Å². The van der Waals surface area contributed by atoms with Crippen molar-refractivity contribution in [3.63, 3.8) is 0 Å². The Morgan fingerprint density at radius 3 is 2.69 bits per heavy atom. The van der Waals surface area contributed by atoms with Crippen LogP contribution in [0.3, 0.4) is 0 Å². The quantitative estimate of drug-likeness (QED) is 0.240. The first kappa shape index (κ1) is 24.2. The van der Waals surface area contributed by atoms with Crippen LogP contribution >= 0.6 is 30.8 Å². The first-order chi connectivity index (χ1) is 13.5. The third-order valence-corrected chi connectivity index (χ3v) is 6.34. The molecule has 0 aliphatic rings. The monoisotopic (exact) mass is 459 g/mol. The minimum absolute atomic E-state index is 0.132. The molecule has 9 heteroatoms. The lowest BCUT2D eigenvalue weighted by molar-refractivity contribution is 0.0983. The zero-order chi connectivity index (χ0) is 21.5. The van der Waals surface area contributed by atoms with Gasteiger partial charge in [-0.05, 0) is 68.9 Å². The number of unbranched alkanes of at least 4 members (excludes halogenated alkanes) is 1. The molecular formula is C20H27ClNO5PS. The number of phosphoric acid groups is 1. The number of phosphoric ester groups is 1. The van der Waals surface area contributed by atoms with Crippen LogP contribution < -0.4 is 5.73 Å². The second-order valence-electron chi connectivity index (χ2n) is 7.44. The Balaban J connectivity index is 1.74. The van der Waals surface area contributed by atoms with Gasteiger partial charge >= 0.3 is 7.82 Å². The van der Waals surface area contributed by atoms with E-state index in [1.807, 2.05) is 36.4 Å². The number of thiophene rings is 1. The Kier molecular flexibility index (Phi) is 9.04. The second kappa shape index (κ2) is 10.8. The van der Waals surface area contributed by atoms with Crippen molar-refractivity contribution in [2.24, 2.45) is 5.73 Å². The summed E-state index contributed by atoms with van der Waals surface area (Å²) in [6.45, 7) is 1.45. The Morgan fingerprint density at radius 1 is 1.24 bits per heavy atom. The summed E-state index contributed by atoms with van der Waals surface area (Å²) in [5.41, 5.74) is 6.35. The van der Waals surface area contributed by atoms with Gasteiger partial charge in [-0.3, -0.25) is 9.32 Å². The van der Waals surface area contributed by atoms with Gasteiger partial charge in [0.1, 0.15) is 0 Å². The number of halogens is 1. The van der Waals surface area contributed by atoms with Crippen molar-refractivity contribution in [2.45, 2.75) is 51.0 Å². The Bertz CT molecular complexity index is 864. The van der Waals surface area contributed by atoms with Gasteiger partial charge in [-0.2, -0.15) is 0 Å². The molecule has 0 radical (unpaired) electrons. The Labute approximate surface area is 180 Å². The van der Waals surface area contributed by atoms with Crippen LogP contribution in [0.15, 0.2) is 36.4 Å². The Morgan fingerprint density at radius 2 is 2.00 bits per heavy atom. The summed E-state index contributed by atoms with van der Waals surface area (Å²) in [7, 11) is -4.53. The van der Waals surface area contributed by atoms with E-state index in [-0.39, 0.29) is 12.4 Å². The summed E-state index contributed by atoms with van der Waals surface area (Å²) in [4.78, 5) is 31.7. The van der Waals surface area contributed by atoms with E-state index < -0.39 is 13.4 Å². The van der Waals surface area contributed by atoms with Crippen LogP contribution in [-0.4, -0.2) is 27.7 Å². The molecule has 0 bridgehead atoms. The van der Waals surface area contributed by atoms with Crippen molar-refractivity contribution < 1.29 is 23.7 Å². The number of nitrogens with two attached hydrogens (primary N) is 1. The molecule has 2 rings (SSSR count). The fraction of sp³-hybridized carbons (Fsp3) is 0.450. The van der Waals surface area contributed by atoms with E-state index in [2.05, 4.69) is 4.52 Å². The van der Waals surface area contributed by atoms with E-state index in [1.54, 1.807) is 6.92 Å². The maximum atomic E-state index is 12.4. The zero-order valence-electron chi connectivity index (χ0n) is 16.3. The zero-order valence-corrected chi connectivity index (χ0v) is 18.8. The average Bonchev–Trinajstić information content (AvgIpc) is 3.11. The first-order valence-electron chi connectivity index (χ1n) is 9.39. The van der Waals surface area contributed by atoms with Crippen molar-refractivity contribution in [2.75, 3.05) is 6.61 Å². The number of ketones is 1. The van der Waals surface area contributed by atoms with Crippen LogP contribution in [-0.2, 0) is 21.9 Å². The van der Waals surface area contributed by atoms with Crippen molar-refractivity contribution >= 4 is 36.5 Å². The van der Waals surface area contributed by atoms with Crippen molar-refractivity contribution in [3.8, 4) is 0 Å². The van der Waals surface area contributed by atoms with Gasteiger partial charge in [-0.25, -0.2) is 4.57 Å². The molecule has 0 aliphatic carbocycles. The molecule has 1 unspecified atom stereocenters. The molecule has 4 N–H and O–H groups in total. The number of Topliss-reactive ketones (excluding diaryl/α,β-unsaturated/α-hetero) is 1. The topological polar surface area (TPSA) is 110 Å². The Hall–Kier alpha value is -1.05. The highest BCUT2D eigenvalue weighted by atomic mass is 35.5. The average molecular weight is 460 g/mol. The third kappa shape index (κ3) is 9.53. The predicted octanol–water partition coefficient (Wildman–Crippen LogP) is 4.76. The maximum absolute atomic E-state index is 12.4. The number of rotatable bonds is 12. The van der Waals surface area contributed by atoms with Crippen LogP contribution in [0.1, 0.15) is 52.7 Å². The largest absolute Gasteiger partial charge is 0.469 e. The molecule has 160 valence electrons. The van der Waals surface area contributed by atoms with Gasteiger partial charge in [-0.15, -0.1) is 11.3 Å². The van der Waals surface area contributed by atoms with Gasteiger partial charge in [0.05, 0.1) is 11.5 Å². The molecule has 1 aromatic carbocycles. The molecule has 29 heavy (non-hydrogen) atoms. The smallest absolute Gasteiger partial charge is 0.323 e. The number of carbonyl (C=O) groups is 1. The predicted molar refractivity (Wildman–Crippen MR) is 117 cm³/mol. The van der Waals surface area contributed by atoms with E-state index in [1.165, 1.54) is 16.9 Å². The number of benzene rings is 1. The van der Waals surface area contributed by atoms with E-state index in [0.717, 1.165) is 34.0 Å². The van der Waals surface area contributed by atoms with Crippen LogP contribution in [0.2, 0.25) is 5.02 Å². The first-order valence-corrected chi connectivity index (χ1v) is 12.1. The van der Waals surface area contributed by atoms with E-state index in [9.17, 15) is 9.36 Å². The summed E-state index contributed by atoms with van der Waals surface area (Å²) in [6, 6.07) is 11.5. The summed E-state index contributed by atoms with van der Waals surface area (Å²) >= 11 is 7.42. The molecule has 0 aliphatic heterocycles. The SMILES string of the molecule is CC(N)(CCc1ccc(C(=O)CCCCc2cccc(Cl)c2)s1)COP(=O)(O)O. The van der Waals surface area contributed by atoms with E-state index in [0.29, 0.717) is 19.3 Å². The summed E-state index contributed by atoms with van der Waals surface area (Å²) in [5.74, 6) is 0.132. The minimum Gasteiger partial charge on any atom is -0.323 e. The third-order valence-electron chi connectivity index (χ3n) is 4.45. The molecular weight excluding hydrogens is 433 g/mol. The van der Waals surface area contributed by atoms with Gasteiger partial charge < -0.3 is 15.5 Å². The molecule has 1 aromatic heterocycles. The highest BCUT2D eigenvalue weighted by Gasteiger charge is 2.24. The maximum Gasteiger partial charge on any atom is 0.469 e. The lowest BCUT2D eigenvalue weighted by Gasteiger charge is -2.24. The highest BCUT2D eigenvalue weighted by Crippen LogP contribution is 2.37. The number of aryl methyl sites for hydroxylation is 2. The minimum atomic E-state index is -4.53. The van der Waals surface area contributed by atoms with Gasteiger partial charge in [0.25, 0.3) is 0 Å². The fourth-order valence-corrected chi connectivity index (χ4v) is 4.46. The molecule has 0 amide bonds. The van der Waals surface area contributed by atoms with Gasteiger partial charge in [0, 0.05) is 21.9 Å². The molecule has 0 spiro atoms. The van der Waals surface area contributed by atoms with Crippen molar-refractivity contribution in [1.29, 1.82) is 0 Å². The lowest BCUT2D eigenvalue weighted by atomic mass is 9.98. The summed E-state index contributed by atoms with van der Waals surface area (Å²) in [6.07, 6.45) is 4.25. The normalized spacial score (nSPS) is 14.0. The number of hydrogen-bond acceptors (Lipinski definition) is 5. The van der Waals surface area contributed by atoms with E-state index >= 15 is 0 Å². The molecule has 0 saturated heterocycles. The second-order valence-corrected chi connectivity index (χ2v) is 10.3. The van der Waals surface area contributed by atoms with Crippen LogP contribution in [0.25, 0.3) is 0 Å². The highest BCUT2D eigenvalue weighted by molar-refractivity contribution is 7.46. The van der Waals surface area contributed by atoms with Crippen LogP contribution in [0, 0.1) is 0 Å².